The Morgan fingerprint density at radius 2 is 2.21 bits per heavy atom. The van der Waals surface area contributed by atoms with Gasteiger partial charge in [-0.2, -0.15) is 0 Å². The van der Waals surface area contributed by atoms with Crippen LogP contribution in [0.25, 0.3) is 0 Å². The maximum Gasteiger partial charge on any atom is 0.224 e. The maximum atomic E-state index is 12.7. The predicted molar refractivity (Wildman–Crippen MR) is 92.3 cm³/mol. The molecule has 5 heteroatoms. The quantitative estimate of drug-likeness (QED) is 0.887. The predicted octanol–water partition coefficient (Wildman–Crippen LogP) is 2.29. The molecular weight excluding hydrogens is 300 g/mol. The van der Waals surface area contributed by atoms with Crippen LogP contribution < -0.4 is 5.32 Å². The van der Waals surface area contributed by atoms with Crippen molar-refractivity contribution in [3.8, 4) is 0 Å². The normalized spacial score (nSPS) is 26.4. The molecule has 1 aromatic heterocycles. The first-order valence-corrected chi connectivity index (χ1v) is 8.88. The summed E-state index contributed by atoms with van der Waals surface area (Å²) in [6, 6.07) is 11.4. The summed E-state index contributed by atoms with van der Waals surface area (Å²) >= 11 is 0. The van der Waals surface area contributed by atoms with Crippen molar-refractivity contribution < 1.29 is 4.79 Å². The number of carbonyl (C=O) groups is 1. The van der Waals surface area contributed by atoms with Gasteiger partial charge in [-0.15, -0.1) is 0 Å². The number of amides is 1. The highest BCUT2D eigenvalue weighted by atomic mass is 16.2. The number of nitrogens with one attached hydrogen (secondary N) is 2. The average Bonchev–Trinajstić information content (AvgIpc) is 3.33. The number of nitrogens with zero attached hydrogens (tertiary/aromatic N) is 2. The van der Waals surface area contributed by atoms with Crippen LogP contribution in [0, 0.1) is 5.92 Å². The molecule has 2 aliphatic heterocycles. The number of rotatable bonds is 5. The van der Waals surface area contributed by atoms with E-state index < -0.39 is 0 Å². The standard InChI is InChI=1S/C19H24N4O/c24-19(21-9-8-15-12-20-13-22-15)16-11-18(14-5-2-1-3-6-14)23-10-4-7-17(16)23/h1-3,5-6,12-13,16-18H,4,7-11H2,(H,20,22)(H,21,24)/t16-,17+,18-/m0/s1. The average molecular weight is 324 g/mol. The minimum atomic E-state index is 0.111. The fraction of sp³-hybridized carbons (Fsp3) is 0.474. The lowest BCUT2D eigenvalue weighted by Crippen LogP contribution is -2.38. The molecule has 2 saturated heterocycles. The van der Waals surface area contributed by atoms with Crippen molar-refractivity contribution >= 4 is 5.91 Å². The molecule has 2 fully saturated rings. The number of H-pyrrole nitrogens is 1. The first-order chi connectivity index (χ1) is 11.8. The molecule has 1 aromatic carbocycles. The first kappa shape index (κ1) is 15.4. The van der Waals surface area contributed by atoms with E-state index in [1.165, 1.54) is 12.0 Å². The van der Waals surface area contributed by atoms with Crippen LogP contribution in [0.1, 0.15) is 36.6 Å². The number of aromatic amines is 1. The van der Waals surface area contributed by atoms with Gasteiger partial charge in [0.1, 0.15) is 0 Å². The summed E-state index contributed by atoms with van der Waals surface area (Å²) in [5, 5.41) is 3.13. The van der Waals surface area contributed by atoms with Crippen molar-refractivity contribution in [3.63, 3.8) is 0 Å². The van der Waals surface area contributed by atoms with Crippen LogP contribution in [-0.2, 0) is 11.2 Å². The second kappa shape index (κ2) is 6.77. The Balaban J connectivity index is 1.40. The molecule has 2 aliphatic rings. The largest absolute Gasteiger partial charge is 0.355 e. The summed E-state index contributed by atoms with van der Waals surface area (Å²) in [4.78, 5) is 22.4. The number of hydrogen-bond acceptors (Lipinski definition) is 3. The van der Waals surface area contributed by atoms with Crippen LogP contribution in [0.15, 0.2) is 42.9 Å². The molecule has 0 unspecified atom stereocenters. The van der Waals surface area contributed by atoms with Gasteiger partial charge in [0.25, 0.3) is 0 Å². The minimum absolute atomic E-state index is 0.111. The zero-order chi connectivity index (χ0) is 16.4. The van der Waals surface area contributed by atoms with Crippen molar-refractivity contribution in [3.05, 3.63) is 54.1 Å². The van der Waals surface area contributed by atoms with Gasteiger partial charge < -0.3 is 10.3 Å². The Morgan fingerprint density at radius 1 is 1.33 bits per heavy atom. The van der Waals surface area contributed by atoms with Crippen LogP contribution in [0.3, 0.4) is 0 Å². The summed E-state index contributed by atoms with van der Waals surface area (Å²) < 4.78 is 0. The molecule has 5 nitrogen and oxygen atoms in total. The summed E-state index contributed by atoms with van der Waals surface area (Å²) in [6.45, 7) is 1.78. The molecule has 2 N–H and O–H groups in total. The molecule has 0 spiro atoms. The van der Waals surface area contributed by atoms with E-state index in [1.807, 2.05) is 6.20 Å². The number of carbonyl (C=O) groups excluding carboxylic acids is 1. The zero-order valence-corrected chi connectivity index (χ0v) is 13.8. The van der Waals surface area contributed by atoms with Gasteiger partial charge in [0.15, 0.2) is 0 Å². The van der Waals surface area contributed by atoms with E-state index in [-0.39, 0.29) is 11.8 Å². The smallest absolute Gasteiger partial charge is 0.224 e. The summed E-state index contributed by atoms with van der Waals surface area (Å²) in [7, 11) is 0. The van der Waals surface area contributed by atoms with E-state index in [0.717, 1.165) is 31.5 Å². The molecule has 0 saturated carbocycles. The number of imidazole rings is 1. The molecule has 0 radical (unpaired) electrons. The third-order valence-electron chi connectivity index (χ3n) is 5.45. The number of hydrogen-bond donors (Lipinski definition) is 2. The number of benzene rings is 1. The molecule has 0 bridgehead atoms. The van der Waals surface area contributed by atoms with Crippen LogP contribution in [0.2, 0.25) is 0 Å². The molecule has 2 aromatic rings. The number of fused-ring (bicyclic) bond motifs is 1. The van der Waals surface area contributed by atoms with Gasteiger partial charge in [0.2, 0.25) is 5.91 Å². The Labute approximate surface area is 142 Å². The molecule has 126 valence electrons. The van der Waals surface area contributed by atoms with Gasteiger partial charge in [0, 0.05) is 36.9 Å². The van der Waals surface area contributed by atoms with Crippen molar-refractivity contribution in [2.24, 2.45) is 5.92 Å². The summed E-state index contributed by atoms with van der Waals surface area (Å²) in [5.41, 5.74) is 2.41. The Bertz CT molecular complexity index is 670. The second-order valence-electron chi connectivity index (χ2n) is 6.83. The lowest BCUT2D eigenvalue weighted by atomic mass is 9.93. The van der Waals surface area contributed by atoms with E-state index in [9.17, 15) is 4.79 Å². The summed E-state index contributed by atoms with van der Waals surface area (Å²) in [6.07, 6.45) is 7.56. The van der Waals surface area contributed by atoms with Gasteiger partial charge in [-0.25, -0.2) is 4.98 Å². The third-order valence-corrected chi connectivity index (χ3v) is 5.45. The Morgan fingerprint density at radius 3 is 3.00 bits per heavy atom. The van der Waals surface area contributed by atoms with Crippen LogP contribution >= 0.6 is 0 Å². The SMILES string of the molecule is O=C(NCCc1cnc[nH]1)[C@H]1C[C@@H](c2ccccc2)N2CCC[C@H]12. The van der Waals surface area contributed by atoms with Crippen molar-refractivity contribution in [2.45, 2.75) is 37.8 Å². The first-order valence-electron chi connectivity index (χ1n) is 8.88. The molecule has 1 amide bonds. The maximum absolute atomic E-state index is 12.7. The highest BCUT2D eigenvalue weighted by molar-refractivity contribution is 5.80. The minimum Gasteiger partial charge on any atom is -0.355 e. The van der Waals surface area contributed by atoms with Gasteiger partial charge in [0.05, 0.1) is 12.2 Å². The lowest BCUT2D eigenvalue weighted by molar-refractivity contribution is -0.125. The van der Waals surface area contributed by atoms with E-state index in [4.69, 9.17) is 0 Å². The fourth-order valence-electron chi connectivity index (χ4n) is 4.32. The lowest BCUT2D eigenvalue weighted by Gasteiger charge is -2.24. The van der Waals surface area contributed by atoms with Crippen molar-refractivity contribution in [1.29, 1.82) is 0 Å². The topological polar surface area (TPSA) is 61.0 Å². The van der Waals surface area contributed by atoms with Crippen LogP contribution in [0.5, 0.6) is 0 Å². The molecule has 0 aliphatic carbocycles. The van der Waals surface area contributed by atoms with E-state index in [1.54, 1.807) is 6.33 Å². The number of aromatic nitrogens is 2. The van der Waals surface area contributed by atoms with Crippen molar-refractivity contribution in [2.75, 3.05) is 13.1 Å². The highest BCUT2D eigenvalue weighted by Crippen LogP contribution is 2.44. The summed E-state index contributed by atoms with van der Waals surface area (Å²) in [5.74, 6) is 0.323. The van der Waals surface area contributed by atoms with Crippen molar-refractivity contribution in [1.82, 2.24) is 20.2 Å². The van der Waals surface area contributed by atoms with E-state index in [0.29, 0.717) is 18.6 Å². The van der Waals surface area contributed by atoms with Gasteiger partial charge in [-0.05, 0) is 31.4 Å². The molecule has 3 heterocycles. The molecule has 3 atom stereocenters. The van der Waals surface area contributed by atoms with Crippen LogP contribution in [0.4, 0.5) is 0 Å². The Hall–Kier alpha value is -2.14. The Kier molecular flexibility index (Phi) is 4.34. The van der Waals surface area contributed by atoms with E-state index >= 15 is 0 Å². The molecule has 24 heavy (non-hydrogen) atoms. The van der Waals surface area contributed by atoms with Gasteiger partial charge in [-0.3, -0.25) is 9.69 Å². The molecular formula is C19H24N4O. The molecule has 4 rings (SSSR count). The van der Waals surface area contributed by atoms with E-state index in [2.05, 4.69) is 50.5 Å². The fourth-order valence-corrected chi connectivity index (χ4v) is 4.32. The van der Waals surface area contributed by atoms with Crippen LogP contribution in [-0.4, -0.2) is 39.9 Å². The highest BCUT2D eigenvalue weighted by Gasteiger charge is 2.46. The second-order valence-corrected chi connectivity index (χ2v) is 6.83. The van der Waals surface area contributed by atoms with Gasteiger partial charge >= 0.3 is 0 Å². The monoisotopic (exact) mass is 324 g/mol. The third kappa shape index (κ3) is 2.96. The zero-order valence-electron chi connectivity index (χ0n) is 13.8. The van der Waals surface area contributed by atoms with Gasteiger partial charge in [-0.1, -0.05) is 30.3 Å².